The van der Waals surface area contributed by atoms with Gasteiger partial charge in [0, 0.05) is 16.5 Å². The van der Waals surface area contributed by atoms with Gasteiger partial charge in [-0.05, 0) is 60.8 Å². The van der Waals surface area contributed by atoms with Crippen LogP contribution < -0.4 is 9.47 Å². The lowest BCUT2D eigenvalue weighted by molar-refractivity contribution is 0.108. The maximum absolute atomic E-state index is 12.0. The van der Waals surface area contributed by atoms with Gasteiger partial charge < -0.3 is 9.47 Å². The van der Waals surface area contributed by atoms with E-state index in [1.54, 1.807) is 20.3 Å². The summed E-state index contributed by atoms with van der Waals surface area (Å²) in [6, 6.07) is 11.0. The predicted octanol–water partition coefficient (Wildman–Crippen LogP) is 4.91. The number of pyridine rings is 1. The average molecular weight is 356 g/mol. The van der Waals surface area contributed by atoms with Crippen LogP contribution in [-0.4, -0.2) is 24.4 Å². The molecule has 0 fully saturated rings. The first kappa shape index (κ1) is 17.2. The topological polar surface area (TPSA) is 48.4 Å². The van der Waals surface area contributed by atoms with E-state index in [1.807, 2.05) is 44.2 Å². The van der Waals surface area contributed by atoms with Crippen LogP contribution in [0.3, 0.4) is 0 Å². The second-order valence-corrected chi connectivity index (χ2v) is 6.14. The lowest BCUT2D eigenvalue weighted by atomic mass is 9.99. The maximum atomic E-state index is 12.0. The van der Waals surface area contributed by atoms with E-state index in [0.717, 1.165) is 27.6 Å². The van der Waals surface area contributed by atoms with Gasteiger partial charge in [-0.3, -0.25) is 4.79 Å². The van der Waals surface area contributed by atoms with Crippen LogP contribution in [0.25, 0.3) is 22.2 Å². The summed E-state index contributed by atoms with van der Waals surface area (Å²) in [6.07, 6.45) is 0. The predicted molar refractivity (Wildman–Crippen MR) is 99.9 cm³/mol. The Balaban J connectivity index is 2.38. The van der Waals surface area contributed by atoms with Gasteiger partial charge >= 0.3 is 0 Å². The van der Waals surface area contributed by atoms with Crippen LogP contribution in [0.15, 0.2) is 36.4 Å². The molecule has 25 heavy (non-hydrogen) atoms. The molecule has 0 radical (unpaired) electrons. The maximum Gasteiger partial charge on any atom is 0.253 e. The lowest BCUT2D eigenvalue weighted by Gasteiger charge is -2.14. The molecule has 0 N–H and O–H groups in total. The van der Waals surface area contributed by atoms with Crippen LogP contribution in [-0.2, 0) is 0 Å². The highest BCUT2D eigenvalue weighted by atomic mass is 35.5. The summed E-state index contributed by atoms with van der Waals surface area (Å²) >= 11 is 5.84. The van der Waals surface area contributed by atoms with E-state index in [0.29, 0.717) is 22.8 Å². The number of ether oxygens (including phenoxy) is 2. The normalized spacial score (nSPS) is 10.8. The quantitative estimate of drug-likeness (QED) is 0.623. The zero-order valence-corrected chi connectivity index (χ0v) is 15.3. The van der Waals surface area contributed by atoms with Gasteiger partial charge in [0.15, 0.2) is 0 Å². The third-order valence-electron chi connectivity index (χ3n) is 4.40. The van der Waals surface area contributed by atoms with Crippen LogP contribution in [0.2, 0.25) is 0 Å². The number of aryl methyl sites for hydroxylation is 2. The second kappa shape index (κ2) is 6.73. The molecule has 0 atom stereocenters. The van der Waals surface area contributed by atoms with Gasteiger partial charge in [-0.2, -0.15) is 0 Å². The molecular weight excluding hydrogens is 338 g/mol. The van der Waals surface area contributed by atoms with E-state index >= 15 is 0 Å². The zero-order valence-electron chi connectivity index (χ0n) is 14.5. The number of fused-ring (bicyclic) bond motifs is 1. The molecule has 0 saturated heterocycles. The number of carbonyl (C=O) groups excluding carboxylic acids is 1. The molecule has 128 valence electrons. The molecule has 0 unspecified atom stereocenters. The van der Waals surface area contributed by atoms with E-state index in [9.17, 15) is 4.79 Å². The van der Waals surface area contributed by atoms with Crippen molar-refractivity contribution < 1.29 is 14.3 Å². The molecule has 3 rings (SSSR count). The molecule has 0 aliphatic rings. The van der Waals surface area contributed by atoms with Crippen molar-refractivity contribution in [1.29, 1.82) is 0 Å². The fraction of sp³-hybridized carbons (Fsp3) is 0.200. The Labute approximate surface area is 151 Å². The Bertz CT molecular complexity index is 982. The average Bonchev–Trinajstić information content (AvgIpc) is 2.63. The zero-order chi connectivity index (χ0) is 18.1. The summed E-state index contributed by atoms with van der Waals surface area (Å²) in [5.74, 6) is 1.32. The molecule has 0 aliphatic heterocycles. The highest BCUT2D eigenvalue weighted by Crippen LogP contribution is 2.35. The summed E-state index contributed by atoms with van der Waals surface area (Å²) in [6.45, 7) is 4.00. The van der Waals surface area contributed by atoms with Gasteiger partial charge in [0.25, 0.3) is 5.24 Å². The Kier molecular flexibility index (Phi) is 4.64. The molecule has 0 spiro atoms. The minimum Gasteiger partial charge on any atom is -0.497 e. The fourth-order valence-corrected chi connectivity index (χ4v) is 3.00. The molecule has 5 heteroatoms. The molecule has 0 saturated carbocycles. The Morgan fingerprint density at radius 2 is 1.80 bits per heavy atom. The van der Waals surface area contributed by atoms with E-state index in [-0.39, 0.29) is 0 Å². The number of carbonyl (C=O) groups is 1. The highest BCUT2D eigenvalue weighted by Gasteiger charge is 2.17. The summed E-state index contributed by atoms with van der Waals surface area (Å²) in [4.78, 5) is 16.8. The fourth-order valence-electron chi connectivity index (χ4n) is 2.84. The molecular formula is C20H18ClNO3. The smallest absolute Gasteiger partial charge is 0.253 e. The summed E-state index contributed by atoms with van der Waals surface area (Å²) in [7, 11) is 3.19. The van der Waals surface area contributed by atoms with Crippen molar-refractivity contribution in [2.75, 3.05) is 14.2 Å². The van der Waals surface area contributed by atoms with Gasteiger partial charge in [-0.15, -0.1) is 0 Å². The molecule has 4 nitrogen and oxygen atoms in total. The van der Waals surface area contributed by atoms with Crippen molar-refractivity contribution in [3.05, 3.63) is 53.1 Å². The first-order valence-electron chi connectivity index (χ1n) is 7.79. The van der Waals surface area contributed by atoms with Crippen LogP contribution in [0, 0.1) is 13.8 Å². The molecule has 0 bridgehead atoms. The molecule has 0 amide bonds. The van der Waals surface area contributed by atoms with Crippen LogP contribution in [0.5, 0.6) is 11.5 Å². The van der Waals surface area contributed by atoms with Crippen LogP contribution >= 0.6 is 11.6 Å². The van der Waals surface area contributed by atoms with Gasteiger partial charge in [0.2, 0.25) is 0 Å². The number of halogens is 1. The monoisotopic (exact) mass is 355 g/mol. The van der Waals surface area contributed by atoms with Gasteiger partial charge in [-0.25, -0.2) is 4.98 Å². The number of aromatic nitrogens is 1. The largest absolute Gasteiger partial charge is 0.497 e. The number of methoxy groups -OCH3 is 2. The number of hydrogen-bond donors (Lipinski definition) is 0. The van der Waals surface area contributed by atoms with Gasteiger partial charge in [0.05, 0.1) is 25.4 Å². The van der Waals surface area contributed by atoms with E-state index in [2.05, 4.69) is 0 Å². The van der Waals surface area contributed by atoms with E-state index < -0.39 is 5.24 Å². The third-order valence-corrected chi connectivity index (χ3v) is 4.60. The van der Waals surface area contributed by atoms with Crippen molar-refractivity contribution in [1.82, 2.24) is 4.98 Å². The Morgan fingerprint density at radius 3 is 2.44 bits per heavy atom. The van der Waals surface area contributed by atoms with Crippen molar-refractivity contribution in [3.63, 3.8) is 0 Å². The minimum atomic E-state index is -0.515. The second-order valence-electron chi connectivity index (χ2n) is 5.80. The van der Waals surface area contributed by atoms with Gasteiger partial charge in [-0.1, -0.05) is 12.1 Å². The van der Waals surface area contributed by atoms with Crippen molar-refractivity contribution in [3.8, 4) is 22.8 Å². The number of benzene rings is 2. The number of rotatable bonds is 4. The number of nitrogens with zero attached hydrogens (tertiary/aromatic N) is 1. The van der Waals surface area contributed by atoms with E-state index in [4.69, 9.17) is 26.1 Å². The minimum absolute atomic E-state index is 0.426. The first-order valence-corrected chi connectivity index (χ1v) is 8.17. The third kappa shape index (κ3) is 3.05. The van der Waals surface area contributed by atoms with Gasteiger partial charge in [0.1, 0.15) is 11.5 Å². The van der Waals surface area contributed by atoms with Crippen molar-refractivity contribution in [2.45, 2.75) is 13.8 Å². The molecule has 3 aromatic rings. The van der Waals surface area contributed by atoms with Crippen LogP contribution in [0.1, 0.15) is 21.5 Å². The Morgan fingerprint density at radius 1 is 1.04 bits per heavy atom. The molecule has 1 aromatic heterocycles. The summed E-state index contributed by atoms with van der Waals surface area (Å²) in [5.41, 5.74) is 4.65. The Hall–Kier alpha value is -2.59. The standard InChI is InChI=1S/C20H18ClNO3/c1-11-5-7-14-15(20(21)23)10-17(22-19(14)12(11)2)16-9-13(24-3)6-8-18(16)25-4/h5-10H,1-4H3. The highest BCUT2D eigenvalue weighted by molar-refractivity contribution is 6.68. The van der Waals surface area contributed by atoms with E-state index in [1.165, 1.54) is 0 Å². The molecule has 0 aliphatic carbocycles. The number of hydrogen-bond acceptors (Lipinski definition) is 4. The molecule has 1 heterocycles. The molecule has 2 aromatic carbocycles. The van der Waals surface area contributed by atoms with Crippen molar-refractivity contribution >= 4 is 27.7 Å². The van der Waals surface area contributed by atoms with Crippen LogP contribution in [0.4, 0.5) is 0 Å². The van der Waals surface area contributed by atoms with Crippen molar-refractivity contribution in [2.24, 2.45) is 0 Å². The lowest BCUT2D eigenvalue weighted by Crippen LogP contribution is -1.99. The summed E-state index contributed by atoms with van der Waals surface area (Å²) < 4.78 is 10.8. The first-order chi connectivity index (χ1) is 12.0. The SMILES string of the molecule is COc1ccc(OC)c(-c2cc(C(=O)Cl)c3ccc(C)c(C)c3n2)c1. The summed E-state index contributed by atoms with van der Waals surface area (Å²) in [5, 5.41) is 0.229.